The molecule has 0 heterocycles. The standard InChI is InChI=1S/C28H32FN3O4S/c1-20(2)30-28(34)22(4)31(18-23-10-8-9-21(3)17-23)27(33)19-32(25-15-13-24(29)14-16-25)37(35,36)26-11-6-5-7-12-26/h5-17,20,22H,18-19H2,1-4H3,(H,30,34)/t22-/m1/s1. The number of sulfonamides is 1. The van der Waals surface area contributed by atoms with Gasteiger partial charge in [0.15, 0.2) is 0 Å². The summed E-state index contributed by atoms with van der Waals surface area (Å²) in [6.07, 6.45) is 0. The fourth-order valence-electron chi connectivity index (χ4n) is 3.85. The average molecular weight is 526 g/mol. The zero-order valence-corrected chi connectivity index (χ0v) is 22.2. The fraction of sp³-hybridized carbons (Fsp3) is 0.286. The van der Waals surface area contributed by atoms with Crippen molar-refractivity contribution in [3.05, 3.63) is 95.8 Å². The molecule has 3 aromatic carbocycles. The maximum absolute atomic E-state index is 13.8. The Balaban J connectivity index is 2.01. The molecule has 0 radical (unpaired) electrons. The minimum atomic E-state index is -4.18. The predicted octanol–water partition coefficient (Wildman–Crippen LogP) is 4.27. The third kappa shape index (κ3) is 7.16. The first-order chi connectivity index (χ1) is 17.5. The van der Waals surface area contributed by atoms with Crippen molar-refractivity contribution in [1.82, 2.24) is 10.2 Å². The first-order valence-electron chi connectivity index (χ1n) is 12.0. The number of hydrogen-bond acceptors (Lipinski definition) is 4. The summed E-state index contributed by atoms with van der Waals surface area (Å²) in [5, 5.41) is 2.82. The quantitative estimate of drug-likeness (QED) is 0.428. The van der Waals surface area contributed by atoms with E-state index in [-0.39, 0.29) is 29.1 Å². The molecule has 196 valence electrons. The Labute approximate surface area is 218 Å². The predicted molar refractivity (Wildman–Crippen MR) is 142 cm³/mol. The van der Waals surface area contributed by atoms with Gasteiger partial charge in [-0.2, -0.15) is 0 Å². The van der Waals surface area contributed by atoms with Crippen LogP contribution in [0.1, 0.15) is 31.9 Å². The fourth-order valence-corrected chi connectivity index (χ4v) is 5.29. The second-order valence-electron chi connectivity index (χ2n) is 9.15. The monoisotopic (exact) mass is 525 g/mol. The minimum Gasteiger partial charge on any atom is -0.352 e. The molecule has 0 unspecified atom stereocenters. The molecule has 37 heavy (non-hydrogen) atoms. The third-order valence-electron chi connectivity index (χ3n) is 5.76. The van der Waals surface area contributed by atoms with Crippen molar-refractivity contribution < 1.29 is 22.4 Å². The smallest absolute Gasteiger partial charge is 0.264 e. The van der Waals surface area contributed by atoms with E-state index in [2.05, 4.69) is 5.32 Å². The highest BCUT2D eigenvalue weighted by Crippen LogP contribution is 2.25. The van der Waals surface area contributed by atoms with E-state index in [0.717, 1.165) is 27.6 Å². The molecule has 0 aliphatic heterocycles. The van der Waals surface area contributed by atoms with E-state index in [1.54, 1.807) is 25.1 Å². The Bertz CT molecular complexity index is 1330. The van der Waals surface area contributed by atoms with Gasteiger partial charge < -0.3 is 10.2 Å². The average Bonchev–Trinajstić information content (AvgIpc) is 2.86. The van der Waals surface area contributed by atoms with Gasteiger partial charge in [0.2, 0.25) is 11.8 Å². The number of halogens is 1. The Morgan fingerprint density at radius 1 is 0.919 bits per heavy atom. The topological polar surface area (TPSA) is 86.8 Å². The van der Waals surface area contributed by atoms with Gasteiger partial charge >= 0.3 is 0 Å². The van der Waals surface area contributed by atoms with Crippen LogP contribution in [0.2, 0.25) is 0 Å². The molecule has 0 bridgehead atoms. The molecule has 0 fully saturated rings. The number of amides is 2. The molecule has 0 spiro atoms. The van der Waals surface area contributed by atoms with Crippen LogP contribution in [0.4, 0.5) is 10.1 Å². The minimum absolute atomic E-state index is 0.0111. The first-order valence-corrected chi connectivity index (χ1v) is 13.4. The molecule has 0 aliphatic rings. The van der Waals surface area contributed by atoms with Crippen LogP contribution in [-0.2, 0) is 26.2 Å². The number of nitrogens with one attached hydrogen (secondary N) is 1. The van der Waals surface area contributed by atoms with Crippen molar-refractivity contribution in [1.29, 1.82) is 0 Å². The molecule has 0 saturated carbocycles. The summed E-state index contributed by atoms with van der Waals surface area (Å²) >= 11 is 0. The van der Waals surface area contributed by atoms with E-state index < -0.39 is 34.3 Å². The highest BCUT2D eigenvalue weighted by molar-refractivity contribution is 7.92. The second kappa shape index (κ2) is 12.0. The Hall–Kier alpha value is -3.72. The van der Waals surface area contributed by atoms with Crippen LogP contribution in [0.15, 0.2) is 83.8 Å². The molecule has 1 N–H and O–H groups in total. The van der Waals surface area contributed by atoms with Crippen LogP contribution in [0.3, 0.4) is 0 Å². The number of anilines is 1. The molecule has 0 saturated heterocycles. The molecule has 3 rings (SSSR count). The number of carbonyl (C=O) groups is 2. The van der Waals surface area contributed by atoms with E-state index in [1.807, 2.05) is 45.0 Å². The molecule has 0 aliphatic carbocycles. The van der Waals surface area contributed by atoms with Crippen molar-refractivity contribution in [3.8, 4) is 0 Å². The number of aryl methyl sites for hydroxylation is 1. The third-order valence-corrected chi connectivity index (χ3v) is 7.55. The van der Waals surface area contributed by atoms with Gasteiger partial charge in [-0.15, -0.1) is 0 Å². The maximum Gasteiger partial charge on any atom is 0.264 e. The molecular formula is C28H32FN3O4S. The van der Waals surface area contributed by atoms with Gasteiger partial charge in [-0.05, 0) is 69.7 Å². The van der Waals surface area contributed by atoms with Gasteiger partial charge in [0.1, 0.15) is 18.4 Å². The zero-order chi connectivity index (χ0) is 27.2. The van der Waals surface area contributed by atoms with Gasteiger partial charge in [0.25, 0.3) is 10.0 Å². The summed E-state index contributed by atoms with van der Waals surface area (Å²) in [5.74, 6) is -1.46. The van der Waals surface area contributed by atoms with Crippen LogP contribution in [0.5, 0.6) is 0 Å². The molecule has 9 heteroatoms. The van der Waals surface area contributed by atoms with Crippen LogP contribution in [-0.4, -0.2) is 43.8 Å². The second-order valence-corrected chi connectivity index (χ2v) is 11.0. The molecule has 3 aromatic rings. The number of carbonyl (C=O) groups excluding carboxylic acids is 2. The van der Waals surface area contributed by atoms with Gasteiger partial charge in [-0.25, -0.2) is 12.8 Å². The van der Waals surface area contributed by atoms with Crippen molar-refractivity contribution in [3.63, 3.8) is 0 Å². The van der Waals surface area contributed by atoms with Gasteiger partial charge in [-0.1, -0.05) is 48.0 Å². The van der Waals surface area contributed by atoms with Gasteiger partial charge in [-0.3, -0.25) is 13.9 Å². The summed E-state index contributed by atoms with van der Waals surface area (Å²) < 4.78 is 41.8. The lowest BCUT2D eigenvalue weighted by molar-refractivity contribution is -0.139. The van der Waals surface area contributed by atoms with Crippen molar-refractivity contribution in [2.24, 2.45) is 0 Å². The van der Waals surface area contributed by atoms with E-state index in [9.17, 15) is 22.4 Å². The van der Waals surface area contributed by atoms with Crippen molar-refractivity contribution >= 4 is 27.5 Å². The van der Waals surface area contributed by atoms with E-state index in [0.29, 0.717) is 0 Å². The van der Waals surface area contributed by atoms with Crippen molar-refractivity contribution in [2.75, 3.05) is 10.8 Å². The Morgan fingerprint density at radius 2 is 1.57 bits per heavy atom. The summed E-state index contributed by atoms with van der Waals surface area (Å²) in [6.45, 7) is 6.70. The van der Waals surface area contributed by atoms with Crippen LogP contribution in [0.25, 0.3) is 0 Å². The number of hydrogen-bond donors (Lipinski definition) is 1. The molecule has 2 amide bonds. The van der Waals surface area contributed by atoms with Gasteiger partial charge in [0, 0.05) is 12.6 Å². The lowest BCUT2D eigenvalue weighted by atomic mass is 10.1. The van der Waals surface area contributed by atoms with E-state index >= 15 is 0 Å². The van der Waals surface area contributed by atoms with E-state index in [4.69, 9.17) is 0 Å². The summed E-state index contributed by atoms with van der Waals surface area (Å²) in [7, 11) is -4.18. The van der Waals surface area contributed by atoms with Crippen LogP contribution < -0.4 is 9.62 Å². The number of benzene rings is 3. The summed E-state index contributed by atoms with van der Waals surface area (Å²) in [6, 6.07) is 19.1. The zero-order valence-electron chi connectivity index (χ0n) is 21.4. The van der Waals surface area contributed by atoms with Crippen molar-refractivity contribution in [2.45, 2.75) is 51.2 Å². The molecule has 7 nitrogen and oxygen atoms in total. The number of nitrogens with zero attached hydrogens (tertiary/aromatic N) is 2. The molecule has 0 aromatic heterocycles. The number of rotatable bonds is 10. The maximum atomic E-state index is 13.8. The Morgan fingerprint density at radius 3 is 2.16 bits per heavy atom. The van der Waals surface area contributed by atoms with E-state index in [1.165, 1.54) is 29.2 Å². The van der Waals surface area contributed by atoms with Crippen LogP contribution in [0, 0.1) is 12.7 Å². The molecule has 1 atom stereocenters. The lowest BCUT2D eigenvalue weighted by Crippen LogP contribution is -2.52. The first kappa shape index (κ1) is 27.9. The van der Waals surface area contributed by atoms with Gasteiger partial charge in [0.05, 0.1) is 10.6 Å². The summed E-state index contributed by atoms with van der Waals surface area (Å²) in [5.41, 5.74) is 1.92. The van der Waals surface area contributed by atoms with Crippen LogP contribution >= 0.6 is 0 Å². The summed E-state index contributed by atoms with van der Waals surface area (Å²) in [4.78, 5) is 28.0. The Kier molecular flexibility index (Phi) is 9.04. The SMILES string of the molecule is Cc1cccc(CN(C(=O)CN(c2ccc(F)cc2)S(=O)(=O)c2ccccc2)[C@H](C)C(=O)NC(C)C)c1. The highest BCUT2D eigenvalue weighted by atomic mass is 32.2. The largest absolute Gasteiger partial charge is 0.352 e. The highest BCUT2D eigenvalue weighted by Gasteiger charge is 2.32. The lowest BCUT2D eigenvalue weighted by Gasteiger charge is -2.32. The normalized spacial score (nSPS) is 12.2. The molecular weight excluding hydrogens is 493 g/mol.